The first kappa shape index (κ1) is 12.2. The van der Waals surface area contributed by atoms with Crippen LogP contribution in [0.15, 0.2) is 47.4 Å². The van der Waals surface area contributed by atoms with E-state index in [4.69, 9.17) is 10.5 Å². The minimum Gasteiger partial charge on any atom is -0.494 e. The van der Waals surface area contributed by atoms with E-state index in [0.717, 1.165) is 11.3 Å². The highest BCUT2D eigenvalue weighted by Crippen LogP contribution is 2.09. The van der Waals surface area contributed by atoms with E-state index in [-0.39, 0.29) is 5.56 Å². The van der Waals surface area contributed by atoms with Crippen molar-refractivity contribution in [1.29, 1.82) is 0 Å². The molecule has 0 bridgehead atoms. The number of pyridine rings is 1. The molecule has 2 aromatic rings. The van der Waals surface area contributed by atoms with Crippen molar-refractivity contribution < 1.29 is 4.74 Å². The van der Waals surface area contributed by atoms with Crippen LogP contribution in [0.3, 0.4) is 0 Å². The Morgan fingerprint density at radius 3 is 2.56 bits per heavy atom. The monoisotopic (exact) mass is 244 g/mol. The van der Waals surface area contributed by atoms with E-state index < -0.39 is 0 Å². The fourth-order valence-corrected chi connectivity index (χ4v) is 1.70. The van der Waals surface area contributed by atoms with Crippen LogP contribution in [-0.2, 0) is 6.54 Å². The summed E-state index contributed by atoms with van der Waals surface area (Å²) in [5.74, 6) is 0.607. The SMILES string of the molecule is CCOc1ccn(Cc2ccc(N)cc2)c(=O)c1. The zero-order valence-electron chi connectivity index (χ0n) is 10.3. The number of rotatable bonds is 4. The molecule has 0 aliphatic carbocycles. The molecule has 0 aliphatic rings. The predicted molar refractivity (Wildman–Crippen MR) is 71.8 cm³/mol. The number of benzene rings is 1. The van der Waals surface area contributed by atoms with Crippen molar-refractivity contribution in [2.45, 2.75) is 13.5 Å². The molecule has 0 radical (unpaired) electrons. The van der Waals surface area contributed by atoms with Gasteiger partial charge in [-0.15, -0.1) is 0 Å². The van der Waals surface area contributed by atoms with Crippen LogP contribution in [0.5, 0.6) is 5.75 Å². The predicted octanol–water partition coefficient (Wildman–Crippen LogP) is 1.88. The molecule has 1 heterocycles. The maximum Gasteiger partial charge on any atom is 0.254 e. The number of nitrogen functional groups attached to an aromatic ring is 1. The molecule has 0 amide bonds. The lowest BCUT2D eigenvalue weighted by Gasteiger charge is -2.08. The topological polar surface area (TPSA) is 57.2 Å². The van der Waals surface area contributed by atoms with E-state index in [9.17, 15) is 4.79 Å². The third kappa shape index (κ3) is 2.91. The van der Waals surface area contributed by atoms with Crippen molar-refractivity contribution in [3.63, 3.8) is 0 Å². The zero-order chi connectivity index (χ0) is 13.0. The van der Waals surface area contributed by atoms with Gasteiger partial charge >= 0.3 is 0 Å². The molecule has 0 spiro atoms. The summed E-state index contributed by atoms with van der Waals surface area (Å²) in [6.45, 7) is 2.98. The van der Waals surface area contributed by atoms with Gasteiger partial charge in [-0.1, -0.05) is 12.1 Å². The number of anilines is 1. The molecule has 0 saturated carbocycles. The van der Waals surface area contributed by atoms with Gasteiger partial charge in [-0.25, -0.2) is 0 Å². The number of ether oxygens (including phenoxy) is 1. The highest BCUT2D eigenvalue weighted by molar-refractivity contribution is 5.39. The van der Waals surface area contributed by atoms with E-state index in [1.165, 1.54) is 6.07 Å². The van der Waals surface area contributed by atoms with Crippen LogP contribution < -0.4 is 16.0 Å². The van der Waals surface area contributed by atoms with Crippen LogP contribution in [-0.4, -0.2) is 11.2 Å². The summed E-state index contributed by atoms with van der Waals surface area (Å²) in [6.07, 6.45) is 1.74. The van der Waals surface area contributed by atoms with Gasteiger partial charge < -0.3 is 15.0 Å². The van der Waals surface area contributed by atoms with Gasteiger partial charge in [0, 0.05) is 18.0 Å². The molecule has 2 rings (SSSR count). The van der Waals surface area contributed by atoms with E-state index in [1.54, 1.807) is 16.8 Å². The summed E-state index contributed by atoms with van der Waals surface area (Å²) in [5, 5.41) is 0. The van der Waals surface area contributed by atoms with Gasteiger partial charge in [0.2, 0.25) is 0 Å². The molecule has 2 N–H and O–H groups in total. The largest absolute Gasteiger partial charge is 0.494 e. The number of hydrogen-bond donors (Lipinski definition) is 1. The maximum absolute atomic E-state index is 11.8. The Labute approximate surface area is 106 Å². The van der Waals surface area contributed by atoms with Crippen LogP contribution in [0.25, 0.3) is 0 Å². The Hall–Kier alpha value is -2.23. The Balaban J connectivity index is 2.19. The summed E-state index contributed by atoms with van der Waals surface area (Å²) < 4.78 is 6.91. The van der Waals surface area contributed by atoms with Gasteiger partial charge in [0.05, 0.1) is 13.2 Å². The first-order valence-corrected chi connectivity index (χ1v) is 5.87. The lowest BCUT2D eigenvalue weighted by Crippen LogP contribution is -2.19. The lowest BCUT2D eigenvalue weighted by atomic mass is 10.2. The van der Waals surface area contributed by atoms with E-state index >= 15 is 0 Å². The molecule has 0 aliphatic heterocycles. The van der Waals surface area contributed by atoms with Crippen LogP contribution >= 0.6 is 0 Å². The third-order valence-corrected chi connectivity index (χ3v) is 2.61. The molecular formula is C14H16N2O2. The molecule has 0 fully saturated rings. The second-order valence-electron chi connectivity index (χ2n) is 4.00. The van der Waals surface area contributed by atoms with Crippen molar-refractivity contribution in [3.05, 3.63) is 58.5 Å². The van der Waals surface area contributed by atoms with Crippen molar-refractivity contribution in [2.24, 2.45) is 0 Å². The van der Waals surface area contributed by atoms with Gasteiger partial charge in [0.1, 0.15) is 5.75 Å². The average molecular weight is 244 g/mol. The lowest BCUT2D eigenvalue weighted by molar-refractivity contribution is 0.338. The molecule has 0 atom stereocenters. The Kier molecular flexibility index (Phi) is 3.67. The van der Waals surface area contributed by atoms with Crippen LogP contribution in [0, 0.1) is 0 Å². The van der Waals surface area contributed by atoms with Crippen LogP contribution in [0.1, 0.15) is 12.5 Å². The van der Waals surface area contributed by atoms with Gasteiger partial charge in [0.15, 0.2) is 0 Å². The molecule has 18 heavy (non-hydrogen) atoms. The molecule has 94 valence electrons. The molecular weight excluding hydrogens is 228 g/mol. The van der Waals surface area contributed by atoms with Crippen LogP contribution in [0.4, 0.5) is 5.69 Å². The number of aromatic nitrogens is 1. The van der Waals surface area contributed by atoms with Crippen molar-refractivity contribution in [2.75, 3.05) is 12.3 Å². The Morgan fingerprint density at radius 2 is 1.94 bits per heavy atom. The average Bonchev–Trinajstić information content (AvgIpc) is 2.36. The second kappa shape index (κ2) is 5.40. The van der Waals surface area contributed by atoms with Gasteiger partial charge in [-0.3, -0.25) is 4.79 Å². The summed E-state index contributed by atoms with van der Waals surface area (Å²) >= 11 is 0. The summed E-state index contributed by atoms with van der Waals surface area (Å²) in [5.41, 5.74) is 7.30. The maximum atomic E-state index is 11.8. The number of hydrogen-bond acceptors (Lipinski definition) is 3. The fourth-order valence-electron chi connectivity index (χ4n) is 1.70. The minimum atomic E-state index is -0.0715. The van der Waals surface area contributed by atoms with E-state index in [1.807, 2.05) is 31.2 Å². The van der Waals surface area contributed by atoms with Crippen LogP contribution in [0.2, 0.25) is 0 Å². The van der Waals surface area contributed by atoms with Crippen molar-refractivity contribution in [1.82, 2.24) is 4.57 Å². The normalized spacial score (nSPS) is 10.3. The van der Waals surface area contributed by atoms with E-state index in [0.29, 0.717) is 18.9 Å². The third-order valence-electron chi connectivity index (χ3n) is 2.61. The smallest absolute Gasteiger partial charge is 0.254 e. The summed E-state index contributed by atoms with van der Waals surface area (Å²) in [6, 6.07) is 10.8. The highest BCUT2D eigenvalue weighted by Gasteiger charge is 2.00. The summed E-state index contributed by atoms with van der Waals surface area (Å²) in [7, 11) is 0. The second-order valence-corrected chi connectivity index (χ2v) is 4.00. The quantitative estimate of drug-likeness (QED) is 0.835. The fraction of sp³-hybridized carbons (Fsp3) is 0.214. The first-order chi connectivity index (χ1) is 8.69. The van der Waals surface area contributed by atoms with E-state index in [2.05, 4.69) is 0 Å². The summed E-state index contributed by atoms with van der Waals surface area (Å²) in [4.78, 5) is 11.8. The molecule has 4 heteroatoms. The van der Waals surface area contributed by atoms with Crippen molar-refractivity contribution in [3.8, 4) is 5.75 Å². The number of nitrogens with two attached hydrogens (primary N) is 1. The van der Waals surface area contributed by atoms with Gasteiger partial charge in [-0.05, 0) is 30.7 Å². The van der Waals surface area contributed by atoms with Crippen molar-refractivity contribution >= 4 is 5.69 Å². The van der Waals surface area contributed by atoms with Gasteiger partial charge in [0.25, 0.3) is 5.56 Å². The zero-order valence-corrected chi connectivity index (χ0v) is 10.3. The standard InChI is InChI=1S/C14H16N2O2/c1-2-18-13-7-8-16(14(17)9-13)10-11-3-5-12(15)6-4-11/h3-9H,2,10,15H2,1H3. The van der Waals surface area contributed by atoms with Gasteiger partial charge in [-0.2, -0.15) is 0 Å². The highest BCUT2D eigenvalue weighted by atomic mass is 16.5. The molecule has 0 unspecified atom stereocenters. The minimum absolute atomic E-state index is 0.0715. The molecule has 1 aromatic heterocycles. The Bertz CT molecular complexity index is 573. The molecule has 4 nitrogen and oxygen atoms in total. The Morgan fingerprint density at radius 1 is 1.22 bits per heavy atom. The first-order valence-electron chi connectivity index (χ1n) is 5.87. The molecule has 0 saturated heterocycles. The number of nitrogens with zero attached hydrogens (tertiary/aromatic N) is 1. The molecule has 1 aromatic carbocycles.